The van der Waals surface area contributed by atoms with Gasteiger partial charge >= 0.3 is 0 Å². The predicted molar refractivity (Wildman–Crippen MR) is 121 cm³/mol. The molecule has 150 valence electrons. The Morgan fingerprint density at radius 2 is 2.07 bits per heavy atom. The van der Waals surface area contributed by atoms with Crippen molar-refractivity contribution in [1.82, 2.24) is 15.2 Å². The van der Waals surface area contributed by atoms with E-state index in [1.165, 1.54) is 0 Å². The minimum absolute atomic E-state index is 0.0443. The Balaban J connectivity index is 1.73. The average molecular weight is 426 g/mol. The van der Waals surface area contributed by atoms with Crippen LogP contribution in [0.5, 0.6) is 0 Å². The van der Waals surface area contributed by atoms with Gasteiger partial charge in [0, 0.05) is 23.3 Å². The zero-order valence-corrected chi connectivity index (χ0v) is 18.1. The van der Waals surface area contributed by atoms with Crippen LogP contribution in [0.1, 0.15) is 48.9 Å². The molecule has 3 heterocycles. The van der Waals surface area contributed by atoms with Gasteiger partial charge in [0.05, 0.1) is 11.7 Å². The molecule has 0 unspecified atom stereocenters. The van der Waals surface area contributed by atoms with Crippen molar-refractivity contribution in [2.45, 2.75) is 38.8 Å². The molecular formula is C23H24ClN3OS. The van der Waals surface area contributed by atoms with Crippen LogP contribution in [-0.4, -0.2) is 21.5 Å². The normalized spacial score (nSPS) is 18.9. The van der Waals surface area contributed by atoms with E-state index in [2.05, 4.69) is 29.0 Å². The predicted octanol–water partition coefficient (Wildman–Crippen LogP) is 6.08. The number of furan rings is 1. The Morgan fingerprint density at radius 1 is 1.21 bits per heavy atom. The summed E-state index contributed by atoms with van der Waals surface area (Å²) >= 11 is 11.9. The van der Waals surface area contributed by atoms with Gasteiger partial charge in [0.25, 0.3) is 0 Å². The number of aryl methyl sites for hydroxylation is 1. The van der Waals surface area contributed by atoms with Gasteiger partial charge in [-0.15, -0.1) is 0 Å². The first-order valence-corrected chi connectivity index (χ1v) is 10.7. The van der Waals surface area contributed by atoms with E-state index >= 15 is 0 Å². The molecule has 4 nitrogen and oxygen atoms in total. The fourth-order valence-corrected chi connectivity index (χ4v) is 4.30. The summed E-state index contributed by atoms with van der Waals surface area (Å²) < 4.78 is 6.37. The van der Waals surface area contributed by atoms with Crippen molar-refractivity contribution < 1.29 is 4.42 Å². The van der Waals surface area contributed by atoms with Gasteiger partial charge in [-0.3, -0.25) is 4.98 Å². The van der Waals surface area contributed by atoms with E-state index in [0.29, 0.717) is 5.02 Å². The monoisotopic (exact) mass is 425 g/mol. The first-order valence-electron chi connectivity index (χ1n) is 9.93. The number of aromatic nitrogens is 1. The van der Waals surface area contributed by atoms with E-state index in [0.717, 1.165) is 52.8 Å². The van der Waals surface area contributed by atoms with Gasteiger partial charge in [0.1, 0.15) is 17.6 Å². The lowest BCUT2D eigenvalue weighted by Gasteiger charge is -2.25. The van der Waals surface area contributed by atoms with Crippen molar-refractivity contribution in [3.05, 3.63) is 76.8 Å². The van der Waals surface area contributed by atoms with E-state index in [1.54, 1.807) is 0 Å². The van der Waals surface area contributed by atoms with Gasteiger partial charge in [0.2, 0.25) is 0 Å². The highest BCUT2D eigenvalue weighted by Crippen LogP contribution is 2.41. The molecule has 29 heavy (non-hydrogen) atoms. The third-order valence-electron chi connectivity index (χ3n) is 5.33. The SMILES string of the molecule is CCCCN1C(=S)N[C@@H](c2ccccn2)[C@H]1c1ccc(-c2cc(Cl)ccc2C)o1. The third kappa shape index (κ3) is 4.02. The maximum atomic E-state index is 6.37. The molecule has 4 rings (SSSR count). The largest absolute Gasteiger partial charge is 0.459 e. The van der Waals surface area contributed by atoms with Gasteiger partial charge < -0.3 is 14.6 Å². The molecule has 1 saturated heterocycles. The number of hydrogen-bond acceptors (Lipinski definition) is 3. The van der Waals surface area contributed by atoms with Crippen molar-refractivity contribution >= 4 is 28.9 Å². The standard InChI is InChI=1S/C23H24ClN3OS/c1-3-4-13-27-22(21(26-23(27)29)18-7-5-6-12-25-18)20-11-10-19(28-20)17-14-16(24)9-8-15(17)2/h5-12,14,21-22H,3-4,13H2,1-2H3,(H,26,29)/t21-,22+/m0/s1. The first kappa shape index (κ1) is 19.9. The summed E-state index contributed by atoms with van der Waals surface area (Å²) in [7, 11) is 0. The number of thiocarbonyl (C=S) groups is 1. The van der Waals surface area contributed by atoms with Crippen LogP contribution in [0, 0.1) is 6.92 Å². The molecule has 2 aromatic heterocycles. The highest BCUT2D eigenvalue weighted by Gasteiger charge is 2.41. The van der Waals surface area contributed by atoms with Crippen molar-refractivity contribution in [2.24, 2.45) is 0 Å². The third-order valence-corrected chi connectivity index (χ3v) is 5.92. The molecule has 0 bridgehead atoms. The molecule has 1 aromatic carbocycles. The molecule has 6 heteroatoms. The Morgan fingerprint density at radius 3 is 2.83 bits per heavy atom. The zero-order chi connectivity index (χ0) is 20.4. The molecule has 0 spiro atoms. The molecule has 0 saturated carbocycles. The summed E-state index contributed by atoms with van der Waals surface area (Å²) in [5, 5.41) is 4.90. The molecular weight excluding hydrogens is 402 g/mol. The van der Waals surface area contributed by atoms with Gasteiger partial charge in [-0.05, 0) is 67.5 Å². The highest BCUT2D eigenvalue weighted by atomic mass is 35.5. The number of nitrogens with zero attached hydrogens (tertiary/aromatic N) is 2. The van der Waals surface area contributed by atoms with Crippen LogP contribution < -0.4 is 5.32 Å². The van der Waals surface area contributed by atoms with E-state index in [9.17, 15) is 0 Å². The lowest BCUT2D eigenvalue weighted by Crippen LogP contribution is -2.30. The van der Waals surface area contributed by atoms with E-state index in [-0.39, 0.29) is 12.1 Å². The van der Waals surface area contributed by atoms with E-state index in [4.69, 9.17) is 28.2 Å². The molecule has 1 aliphatic heterocycles. The number of rotatable bonds is 6. The minimum atomic E-state index is -0.0555. The lowest BCUT2D eigenvalue weighted by atomic mass is 10.0. The number of pyridine rings is 1. The Kier molecular flexibility index (Phi) is 5.88. The number of unbranched alkanes of at least 4 members (excludes halogenated alkanes) is 1. The van der Waals surface area contributed by atoms with Crippen LogP contribution in [0.3, 0.4) is 0 Å². The molecule has 1 N–H and O–H groups in total. The first-order chi connectivity index (χ1) is 14.1. The topological polar surface area (TPSA) is 41.3 Å². The quantitative estimate of drug-likeness (QED) is 0.485. The molecule has 0 aliphatic carbocycles. The summed E-state index contributed by atoms with van der Waals surface area (Å²) in [6.07, 6.45) is 3.98. The number of benzene rings is 1. The molecule has 1 aliphatic rings. The molecule has 1 fully saturated rings. The second kappa shape index (κ2) is 8.56. The average Bonchev–Trinajstić information content (AvgIpc) is 3.33. The second-order valence-electron chi connectivity index (χ2n) is 7.33. The highest BCUT2D eigenvalue weighted by molar-refractivity contribution is 7.80. The molecule has 0 radical (unpaired) electrons. The molecule has 3 aromatic rings. The molecule has 0 amide bonds. The van der Waals surface area contributed by atoms with Crippen LogP contribution in [-0.2, 0) is 0 Å². The summed E-state index contributed by atoms with van der Waals surface area (Å²) in [4.78, 5) is 6.80. The van der Waals surface area contributed by atoms with Gasteiger partial charge in [-0.2, -0.15) is 0 Å². The van der Waals surface area contributed by atoms with E-state index in [1.807, 2.05) is 54.7 Å². The minimum Gasteiger partial charge on any atom is -0.459 e. The lowest BCUT2D eigenvalue weighted by molar-refractivity contribution is 0.271. The van der Waals surface area contributed by atoms with Gasteiger partial charge in [0.15, 0.2) is 5.11 Å². The van der Waals surface area contributed by atoms with Crippen LogP contribution >= 0.6 is 23.8 Å². The smallest absolute Gasteiger partial charge is 0.170 e. The van der Waals surface area contributed by atoms with Crippen LogP contribution in [0.15, 0.2) is 59.1 Å². The maximum Gasteiger partial charge on any atom is 0.170 e. The Bertz CT molecular complexity index is 1000. The van der Waals surface area contributed by atoms with Gasteiger partial charge in [-0.25, -0.2) is 0 Å². The fourth-order valence-electron chi connectivity index (χ4n) is 3.80. The number of nitrogens with one attached hydrogen (secondary N) is 1. The Hall–Kier alpha value is -2.37. The summed E-state index contributed by atoms with van der Waals surface area (Å²) in [6.45, 7) is 5.12. The fraction of sp³-hybridized carbons (Fsp3) is 0.304. The number of hydrogen-bond donors (Lipinski definition) is 1. The van der Waals surface area contributed by atoms with Crippen molar-refractivity contribution in [1.29, 1.82) is 0 Å². The van der Waals surface area contributed by atoms with Crippen LogP contribution in [0.2, 0.25) is 5.02 Å². The van der Waals surface area contributed by atoms with Crippen molar-refractivity contribution in [3.63, 3.8) is 0 Å². The Labute approximate surface area is 181 Å². The maximum absolute atomic E-state index is 6.37. The van der Waals surface area contributed by atoms with E-state index < -0.39 is 0 Å². The van der Waals surface area contributed by atoms with Crippen LogP contribution in [0.25, 0.3) is 11.3 Å². The molecule has 2 atom stereocenters. The second-order valence-corrected chi connectivity index (χ2v) is 8.16. The summed E-state index contributed by atoms with van der Waals surface area (Å²) in [5.74, 6) is 1.69. The number of halogens is 1. The van der Waals surface area contributed by atoms with Gasteiger partial charge in [-0.1, -0.05) is 37.1 Å². The zero-order valence-electron chi connectivity index (χ0n) is 16.6. The van der Waals surface area contributed by atoms with Crippen molar-refractivity contribution in [2.75, 3.05) is 6.54 Å². The summed E-state index contributed by atoms with van der Waals surface area (Å²) in [5.41, 5.74) is 3.09. The summed E-state index contributed by atoms with van der Waals surface area (Å²) in [6, 6.07) is 15.8. The van der Waals surface area contributed by atoms with Crippen LogP contribution in [0.4, 0.5) is 0 Å². The van der Waals surface area contributed by atoms with Crippen molar-refractivity contribution in [3.8, 4) is 11.3 Å².